The van der Waals surface area contributed by atoms with Crippen molar-refractivity contribution in [2.45, 2.75) is 13.8 Å². The molecule has 0 amide bonds. The molecule has 0 radical (unpaired) electrons. The van der Waals surface area contributed by atoms with Crippen molar-refractivity contribution in [2.75, 3.05) is 0 Å². The van der Waals surface area contributed by atoms with Crippen LogP contribution in [-0.4, -0.2) is 4.98 Å². The van der Waals surface area contributed by atoms with Gasteiger partial charge >= 0.3 is 0 Å². The van der Waals surface area contributed by atoms with E-state index in [1.807, 2.05) is 44.3 Å². The Kier molecular flexibility index (Phi) is 3.19. The molecule has 0 spiro atoms. The average molecular weight is 301 g/mol. The largest absolute Gasteiger partial charge is 0.457 e. The molecule has 0 atom stereocenters. The van der Waals surface area contributed by atoms with Crippen molar-refractivity contribution in [3.8, 4) is 16.9 Å². The molecule has 112 valence electrons. The normalized spacial score (nSPS) is 13.0. The molecule has 0 fully saturated rings. The Morgan fingerprint density at radius 3 is 2.30 bits per heavy atom. The molecular weight excluding hydrogens is 284 g/mol. The summed E-state index contributed by atoms with van der Waals surface area (Å²) in [5.41, 5.74) is 4.46. The first kappa shape index (κ1) is 13.7. The molecule has 4 rings (SSSR count). The number of aryl methyl sites for hydroxylation is 1. The minimum atomic E-state index is 0.864. The molecule has 3 heteroatoms. The highest BCUT2D eigenvalue weighted by Crippen LogP contribution is 2.39. The maximum Gasteiger partial charge on any atom is 0.300 e. The van der Waals surface area contributed by atoms with Gasteiger partial charge in [0.05, 0.1) is 0 Å². The summed E-state index contributed by atoms with van der Waals surface area (Å²) in [4.78, 5) is 4.41. The number of hydrogen-bond acceptors (Lipinski definition) is 2. The molecule has 2 heterocycles. The monoisotopic (exact) mass is 301 g/mol. The van der Waals surface area contributed by atoms with E-state index >= 15 is 0 Å². The Morgan fingerprint density at radius 1 is 0.826 bits per heavy atom. The van der Waals surface area contributed by atoms with Crippen molar-refractivity contribution in [2.24, 2.45) is 0 Å². The van der Waals surface area contributed by atoms with Crippen LogP contribution in [0, 0.1) is 6.92 Å². The van der Waals surface area contributed by atoms with Crippen molar-refractivity contribution in [1.29, 1.82) is 0 Å². The van der Waals surface area contributed by atoms with Crippen LogP contribution in [0.2, 0.25) is 0 Å². The number of aromatic nitrogens is 2. The summed E-state index contributed by atoms with van der Waals surface area (Å²) in [6, 6.07) is 18.5. The van der Waals surface area contributed by atoms with E-state index in [9.17, 15) is 0 Å². The third kappa shape index (κ3) is 2.21. The third-order valence-corrected chi connectivity index (χ3v) is 4.13. The van der Waals surface area contributed by atoms with E-state index in [4.69, 9.17) is 4.74 Å². The van der Waals surface area contributed by atoms with E-state index in [-0.39, 0.29) is 0 Å². The second-order valence-electron chi connectivity index (χ2n) is 5.59. The molecule has 1 aromatic heterocycles. The van der Waals surface area contributed by atoms with Crippen LogP contribution in [0.1, 0.15) is 18.3 Å². The molecule has 0 saturated carbocycles. The highest BCUT2D eigenvalue weighted by atomic mass is 16.5. The molecule has 0 unspecified atom stereocenters. The van der Waals surface area contributed by atoms with Gasteiger partial charge in [-0.3, -0.25) is 0 Å². The number of para-hydroxylation sites is 1. The zero-order valence-electron chi connectivity index (χ0n) is 13.2. The lowest BCUT2D eigenvalue weighted by Gasteiger charge is -2.10. The van der Waals surface area contributed by atoms with E-state index in [1.165, 1.54) is 5.56 Å². The van der Waals surface area contributed by atoms with Crippen molar-refractivity contribution in [3.05, 3.63) is 84.1 Å². The van der Waals surface area contributed by atoms with E-state index in [1.54, 1.807) is 6.20 Å². The van der Waals surface area contributed by atoms with Gasteiger partial charge in [-0.2, -0.15) is 4.57 Å². The zero-order valence-corrected chi connectivity index (χ0v) is 13.2. The number of hydrogen-bond donors (Lipinski definition) is 0. The number of fused-ring (bicyclic) bond motifs is 3. The van der Waals surface area contributed by atoms with Gasteiger partial charge in [-0.05, 0) is 24.6 Å². The fourth-order valence-electron chi connectivity index (χ4n) is 3.09. The topological polar surface area (TPSA) is 26.0 Å². The van der Waals surface area contributed by atoms with Crippen molar-refractivity contribution in [3.63, 3.8) is 0 Å². The van der Waals surface area contributed by atoms with E-state index in [0.717, 1.165) is 34.2 Å². The van der Waals surface area contributed by atoms with Crippen LogP contribution in [0.5, 0.6) is 5.75 Å². The summed E-state index contributed by atoms with van der Waals surface area (Å²) in [6.45, 7) is 4.01. The van der Waals surface area contributed by atoms with Crippen molar-refractivity contribution >= 4 is 5.70 Å². The SMILES string of the molecule is CC1=C([n+]2cccnc2C)c2ccccc2-c2ccccc2O1. The number of nitrogens with zero attached hydrogens (tertiary/aromatic N) is 2. The number of benzene rings is 2. The zero-order chi connectivity index (χ0) is 15.8. The van der Waals surface area contributed by atoms with Gasteiger partial charge in [-0.1, -0.05) is 41.4 Å². The third-order valence-electron chi connectivity index (χ3n) is 4.13. The maximum atomic E-state index is 6.19. The Balaban J connectivity index is 2.06. The van der Waals surface area contributed by atoms with Crippen LogP contribution in [0.4, 0.5) is 0 Å². The van der Waals surface area contributed by atoms with Crippen LogP contribution in [-0.2, 0) is 0 Å². The van der Waals surface area contributed by atoms with Gasteiger partial charge in [0.2, 0.25) is 0 Å². The molecule has 0 aliphatic carbocycles. The molecule has 0 N–H and O–H groups in total. The highest BCUT2D eigenvalue weighted by molar-refractivity contribution is 5.83. The molecule has 0 saturated heterocycles. The van der Waals surface area contributed by atoms with Gasteiger partial charge in [0.25, 0.3) is 5.82 Å². The van der Waals surface area contributed by atoms with E-state index < -0.39 is 0 Å². The molecule has 0 bridgehead atoms. The summed E-state index contributed by atoms with van der Waals surface area (Å²) in [7, 11) is 0. The summed E-state index contributed by atoms with van der Waals surface area (Å²) in [5.74, 6) is 2.67. The molecule has 1 aliphatic rings. The summed E-state index contributed by atoms with van der Waals surface area (Å²) in [5, 5.41) is 0. The van der Waals surface area contributed by atoms with Crippen LogP contribution in [0.15, 0.2) is 72.8 Å². The van der Waals surface area contributed by atoms with E-state index in [0.29, 0.717) is 0 Å². The minimum absolute atomic E-state index is 0.864. The standard InChI is InChI=1S/C20H17N2O/c1-14-20(22-13-7-12-21-15(22)2)18-10-4-3-8-16(18)17-9-5-6-11-19(17)23-14/h3-13H,1-2H3/q+1. The fourth-order valence-corrected chi connectivity index (χ4v) is 3.09. The van der Waals surface area contributed by atoms with Crippen molar-refractivity contribution in [1.82, 2.24) is 4.98 Å². The number of allylic oxidation sites excluding steroid dienone is 1. The average Bonchev–Trinajstić information content (AvgIpc) is 2.70. The summed E-state index contributed by atoms with van der Waals surface area (Å²) >= 11 is 0. The lowest BCUT2D eigenvalue weighted by atomic mass is 9.97. The maximum absolute atomic E-state index is 6.19. The van der Waals surface area contributed by atoms with Gasteiger partial charge < -0.3 is 4.74 Å². The molecule has 23 heavy (non-hydrogen) atoms. The Hall–Kier alpha value is -2.94. The van der Waals surface area contributed by atoms with Gasteiger partial charge in [-0.15, -0.1) is 0 Å². The van der Waals surface area contributed by atoms with Gasteiger partial charge in [-0.25, -0.2) is 0 Å². The van der Waals surface area contributed by atoms with Crippen LogP contribution >= 0.6 is 0 Å². The molecular formula is C20H17N2O+. The Labute approximate surface area is 135 Å². The van der Waals surface area contributed by atoms with Crippen LogP contribution in [0.25, 0.3) is 16.8 Å². The lowest BCUT2D eigenvalue weighted by Crippen LogP contribution is -2.38. The first-order chi connectivity index (χ1) is 11.3. The predicted octanol–water partition coefficient (Wildman–Crippen LogP) is 3.97. The van der Waals surface area contributed by atoms with Gasteiger partial charge in [0, 0.05) is 24.1 Å². The first-order valence-electron chi connectivity index (χ1n) is 7.67. The molecule has 1 aliphatic heterocycles. The van der Waals surface area contributed by atoms with Crippen LogP contribution in [0.3, 0.4) is 0 Å². The van der Waals surface area contributed by atoms with Crippen LogP contribution < -0.4 is 9.30 Å². The highest BCUT2D eigenvalue weighted by Gasteiger charge is 2.25. The van der Waals surface area contributed by atoms with Gasteiger partial charge in [0.15, 0.2) is 5.70 Å². The molecule has 3 aromatic rings. The quantitative estimate of drug-likeness (QED) is 0.636. The lowest BCUT2D eigenvalue weighted by molar-refractivity contribution is -0.591. The Bertz CT molecular complexity index is 928. The van der Waals surface area contributed by atoms with Gasteiger partial charge in [0.1, 0.15) is 23.9 Å². The number of ether oxygens (including phenoxy) is 1. The van der Waals surface area contributed by atoms with Crippen molar-refractivity contribution < 1.29 is 9.30 Å². The molecule has 2 aromatic carbocycles. The smallest absolute Gasteiger partial charge is 0.300 e. The summed E-state index contributed by atoms with van der Waals surface area (Å²) < 4.78 is 8.28. The first-order valence-corrected chi connectivity index (χ1v) is 7.67. The minimum Gasteiger partial charge on any atom is -0.457 e. The second-order valence-corrected chi connectivity index (χ2v) is 5.59. The predicted molar refractivity (Wildman–Crippen MR) is 89.7 cm³/mol. The summed E-state index contributed by atoms with van der Waals surface area (Å²) in [6.07, 6.45) is 3.83. The van der Waals surface area contributed by atoms with E-state index in [2.05, 4.69) is 39.9 Å². The fraction of sp³-hybridized carbons (Fsp3) is 0.100. The second kappa shape index (κ2) is 5.36. The molecule has 3 nitrogen and oxygen atoms in total. The Morgan fingerprint density at radius 2 is 1.52 bits per heavy atom. The number of rotatable bonds is 1.